The molecule has 4 heteroatoms. The summed E-state index contributed by atoms with van der Waals surface area (Å²) in [6, 6.07) is 3.85. The minimum Gasteiger partial charge on any atom is -0.497 e. The van der Waals surface area contributed by atoms with Gasteiger partial charge in [0.15, 0.2) is 0 Å². The number of imidazole rings is 1. The number of nitrogens with zero attached hydrogens (tertiary/aromatic N) is 3. The Morgan fingerprint density at radius 3 is 2.93 bits per heavy atom. The maximum absolute atomic E-state index is 5.19. The van der Waals surface area contributed by atoms with E-state index in [1.54, 1.807) is 19.6 Å². The second-order valence-electron chi connectivity index (χ2n) is 3.37. The Labute approximate surface area is 88.6 Å². The van der Waals surface area contributed by atoms with Crippen molar-refractivity contribution in [1.29, 1.82) is 0 Å². The molecule has 0 unspecified atom stereocenters. The van der Waals surface area contributed by atoms with E-state index < -0.39 is 0 Å². The largest absolute Gasteiger partial charge is 0.497 e. The van der Waals surface area contributed by atoms with E-state index in [2.05, 4.69) is 9.97 Å². The first kappa shape index (κ1) is 9.71. The van der Waals surface area contributed by atoms with Gasteiger partial charge in [-0.05, 0) is 6.92 Å². The number of ether oxygens (including phenoxy) is 1. The third kappa shape index (κ3) is 2.34. The Kier molecular flexibility index (Phi) is 2.67. The van der Waals surface area contributed by atoms with Crippen LogP contribution in [-0.4, -0.2) is 21.6 Å². The van der Waals surface area contributed by atoms with Crippen molar-refractivity contribution in [3.63, 3.8) is 0 Å². The second-order valence-corrected chi connectivity index (χ2v) is 3.37. The van der Waals surface area contributed by atoms with Crippen LogP contribution in [0.5, 0.6) is 5.75 Å². The van der Waals surface area contributed by atoms with Crippen LogP contribution >= 0.6 is 0 Å². The van der Waals surface area contributed by atoms with Crippen molar-refractivity contribution >= 4 is 0 Å². The molecule has 4 nitrogen and oxygen atoms in total. The van der Waals surface area contributed by atoms with E-state index in [9.17, 15) is 0 Å². The van der Waals surface area contributed by atoms with Crippen LogP contribution in [0.25, 0.3) is 0 Å². The van der Waals surface area contributed by atoms with Gasteiger partial charge in [0.05, 0.1) is 25.7 Å². The molecule has 0 aliphatic rings. The van der Waals surface area contributed by atoms with Gasteiger partial charge in [-0.25, -0.2) is 4.98 Å². The minimum absolute atomic E-state index is 0.720. The summed E-state index contributed by atoms with van der Waals surface area (Å²) in [6.45, 7) is 2.68. The Hall–Kier alpha value is -1.84. The van der Waals surface area contributed by atoms with E-state index >= 15 is 0 Å². The molecule has 2 rings (SSSR count). The number of pyridine rings is 1. The Morgan fingerprint density at radius 1 is 1.40 bits per heavy atom. The third-order valence-corrected chi connectivity index (χ3v) is 2.12. The molecule has 15 heavy (non-hydrogen) atoms. The van der Waals surface area contributed by atoms with E-state index in [-0.39, 0.29) is 0 Å². The molecule has 0 N–H and O–H groups in total. The predicted octanol–water partition coefficient (Wildman–Crippen LogP) is 1.64. The van der Waals surface area contributed by atoms with Crippen LogP contribution in [0.1, 0.15) is 11.4 Å². The van der Waals surface area contributed by atoms with Crippen LogP contribution in [0, 0.1) is 6.92 Å². The molecule has 0 aromatic carbocycles. The number of aromatic nitrogens is 3. The zero-order valence-electron chi connectivity index (χ0n) is 8.84. The molecule has 0 spiro atoms. The van der Waals surface area contributed by atoms with Crippen molar-refractivity contribution in [3.8, 4) is 5.75 Å². The smallest absolute Gasteiger partial charge is 0.122 e. The fraction of sp³-hybridized carbons (Fsp3) is 0.273. The minimum atomic E-state index is 0.720. The monoisotopic (exact) mass is 203 g/mol. The summed E-state index contributed by atoms with van der Waals surface area (Å²) in [6.07, 6.45) is 5.44. The summed E-state index contributed by atoms with van der Waals surface area (Å²) in [4.78, 5) is 8.42. The lowest BCUT2D eigenvalue weighted by atomic mass is 10.3. The average Bonchev–Trinajstić information content (AvgIpc) is 2.69. The highest BCUT2D eigenvalue weighted by molar-refractivity contribution is 5.26. The first-order valence-electron chi connectivity index (χ1n) is 4.75. The molecule has 0 saturated carbocycles. The van der Waals surface area contributed by atoms with Gasteiger partial charge in [0.25, 0.3) is 0 Å². The van der Waals surface area contributed by atoms with Gasteiger partial charge in [-0.3, -0.25) is 4.98 Å². The molecule has 2 aromatic heterocycles. The Balaban J connectivity index is 2.24. The van der Waals surface area contributed by atoms with Crippen molar-refractivity contribution in [3.05, 3.63) is 42.2 Å². The SMILES string of the molecule is COc1cc(C)nc(Cn2ccnc2)c1. The van der Waals surface area contributed by atoms with E-state index in [1.807, 2.05) is 29.8 Å². The van der Waals surface area contributed by atoms with Crippen molar-refractivity contribution in [2.75, 3.05) is 7.11 Å². The van der Waals surface area contributed by atoms with Crippen molar-refractivity contribution in [2.24, 2.45) is 0 Å². The van der Waals surface area contributed by atoms with Crippen LogP contribution in [0.3, 0.4) is 0 Å². The molecule has 0 radical (unpaired) electrons. The lowest BCUT2D eigenvalue weighted by Crippen LogP contribution is -2.01. The molecule has 0 saturated heterocycles. The van der Waals surface area contributed by atoms with Gasteiger partial charge in [-0.2, -0.15) is 0 Å². The zero-order valence-corrected chi connectivity index (χ0v) is 8.84. The second kappa shape index (κ2) is 4.13. The van der Waals surface area contributed by atoms with Gasteiger partial charge in [-0.1, -0.05) is 0 Å². The molecule has 2 aromatic rings. The van der Waals surface area contributed by atoms with E-state index in [0.717, 1.165) is 23.7 Å². The van der Waals surface area contributed by atoms with E-state index in [4.69, 9.17) is 4.74 Å². The topological polar surface area (TPSA) is 39.9 Å². The highest BCUT2D eigenvalue weighted by Gasteiger charge is 2.00. The molecule has 0 atom stereocenters. The summed E-state index contributed by atoms with van der Waals surface area (Å²) >= 11 is 0. The quantitative estimate of drug-likeness (QED) is 0.761. The van der Waals surface area contributed by atoms with Gasteiger partial charge in [0, 0.05) is 30.2 Å². The van der Waals surface area contributed by atoms with Crippen molar-refractivity contribution < 1.29 is 4.74 Å². The van der Waals surface area contributed by atoms with Crippen molar-refractivity contribution in [2.45, 2.75) is 13.5 Å². The van der Waals surface area contributed by atoms with Gasteiger partial charge < -0.3 is 9.30 Å². The van der Waals surface area contributed by atoms with E-state index in [0.29, 0.717) is 0 Å². The number of aryl methyl sites for hydroxylation is 1. The molecular formula is C11H13N3O. The molecular weight excluding hydrogens is 190 g/mol. The summed E-state index contributed by atoms with van der Waals surface area (Å²) in [7, 11) is 1.66. The summed E-state index contributed by atoms with van der Waals surface area (Å²) in [5.74, 6) is 0.845. The number of hydrogen-bond acceptors (Lipinski definition) is 3. The zero-order chi connectivity index (χ0) is 10.7. The summed E-state index contributed by atoms with van der Waals surface area (Å²) in [5, 5.41) is 0. The van der Waals surface area contributed by atoms with E-state index in [1.165, 1.54) is 0 Å². The highest BCUT2D eigenvalue weighted by Crippen LogP contribution is 2.13. The Morgan fingerprint density at radius 2 is 2.27 bits per heavy atom. The predicted molar refractivity (Wildman–Crippen MR) is 56.9 cm³/mol. The fourth-order valence-corrected chi connectivity index (χ4v) is 1.47. The highest BCUT2D eigenvalue weighted by atomic mass is 16.5. The molecule has 0 amide bonds. The first-order chi connectivity index (χ1) is 7.28. The molecule has 2 heterocycles. The molecule has 0 bridgehead atoms. The first-order valence-corrected chi connectivity index (χ1v) is 4.75. The molecule has 0 aliphatic carbocycles. The number of rotatable bonds is 3. The van der Waals surface area contributed by atoms with Crippen molar-refractivity contribution in [1.82, 2.24) is 14.5 Å². The average molecular weight is 203 g/mol. The number of methoxy groups -OCH3 is 1. The molecule has 0 aliphatic heterocycles. The fourth-order valence-electron chi connectivity index (χ4n) is 1.47. The van der Waals surface area contributed by atoms with Gasteiger partial charge in [-0.15, -0.1) is 0 Å². The van der Waals surface area contributed by atoms with Crippen LogP contribution in [-0.2, 0) is 6.54 Å². The Bertz CT molecular complexity index is 437. The lowest BCUT2D eigenvalue weighted by molar-refractivity contribution is 0.413. The maximum Gasteiger partial charge on any atom is 0.122 e. The van der Waals surface area contributed by atoms with Gasteiger partial charge in [0.2, 0.25) is 0 Å². The third-order valence-electron chi connectivity index (χ3n) is 2.12. The number of hydrogen-bond donors (Lipinski definition) is 0. The summed E-state index contributed by atoms with van der Waals surface area (Å²) in [5.41, 5.74) is 1.94. The summed E-state index contributed by atoms with van der Waals surface area (Å²) < 4.78 is 7.16. The van der Waals surface area contributed by atoms with Crippen LogP contribution in [0.4, 0.5) is 0 Å². The molecule has 0 fully saturated rings. The lowest BCUT2D eigenvalue weighted by Gasteiger charge is -2.06. The standard InChI is InChI=1S/C11H13N3O/c1-9-5-11(15-2)6-10(13-9)7-14-4-3-12-8-14/h3-6,8H,7H2,1-2H3. The van der Waals surface area contributed by atoms with Gasteiger partial charge >= 0.3 is 0 Å². The van der Waals surface area contributed by atoms with Gasteiger partial charge in [0.1, 0.15) is 5.75 Å². The normalized spacial score (nSPS) is 10.3. The van der Waals surface area contributed by atoms with Crippen LogP contribution < -0.4 is 4.74 Å². The molecule has 78 valence electrons. The van der Waals surface area contributed by atoms with Crippen LogP contribution in [0.2, 0.25) is 0 Å². The van der Waals surface area contributed by atoms with Crippen LogP contribution in [0.15, 0.2) is 30.9 Å². The maximum atomic E-state index is 5.19.